The van der Waals surface area contributed by atoms with Crippen LogP contribution in [0.1, 0.15) is 32.1 Å². The number of ether oxygens (including phenoxy) is 1. The van der Waals surface area contributed by atoms with E-state index in [1.54, 1.807) is 0 Å². The standard InChI is InChI=1S/C15H27N3O3.H2S/c1-21-15(20)13(11-18-9-7-16-8-10-18)17-14(19)12-5-3-2-4-6-12;/h12-13,16H,2-11H2,1H3,(H,17,19);1H2/t13-;/m0./s1. The van der Waals surface area contributed by atoms with Crippen LogP contribution in [0.3, 0.4) is 0 Å². The molecule has 22 heavy (non-hydrogen) atoms. The molecule has 1 saturated carbocycles. The molecule has 2 fully saturated rings. The Balaban J connectivity index is 0.00000242. The number of rotatable bonds is 5. The number of hydrogen-bond acceptors (Lipinski definition) is 5. The molecule has 0 radical (unpaired) electrons. The lowest BCUT2D eigenvalue weighted by molar-refractivity contribution is -0.146. The molecule has 0 bridgehead atoms. The van der Waals surface area contributed by atoms with Gasteiger partial charge in [0.1, 0.15) is 6.04 Å². The molecule has 1 saturated heterocycles. The summed E-state index contributed by atoms with van der Waals surface area (Å²) < 4.78 is 4.85. The highest BCUT2D eigenvalue weighted by Crippen LogP contribution is 2.23. The summed E-state index contributed by atoms with van der Waals surface area (Å²) >= 11 is 0. The van der Waals surface area contributed by atoms with Gasteiger partial charge in [-0.1, -0.05) is 19.3 Å². The van der Waals surface area contributed by atoms with Crippen LogP contribution in [-0.4, -0.2) is 62.7 Å². The second kappa shape index (κ2) is 10.1. The summed E-state index contributed by atoms with van der Waals surface area (Å²) in [7, 11) is 1.37. The maximum absolute atomic E-state index is 12.3. The average molecular weight is 331 g/mol. The number of piperazine rings is 1. The smallest absolute Gasteiger partial charge is 0.329 e. The summed E-state index contributed by atoms with van der Waals surface area (Å²) in [5, 5.41) is 6.19. The monoisotopic (exact) mass is 331 g/mol. The number of amides is 1. The van der Waals surface area contributed by atoms with Crippen LogP contribution < -0.4 is 10.6 Å². The Hall–Kier alpha value is -0.790. The van der Waals surface area contributed by atoms with E-state index in [1.807, 2.05) is 0 Å². The third-order valence-electron chi connectivity index (χ3n) is 4.43. The molecule has 0 aromatic heterocycles. The van der Waals surface area contributed by atoms with Crippen LogP contribution in [0.25, 0.3) is 0 Å². The molecule has 0 aromatic carbocycles. The van der Waals surface area contributed by atoms with Gasteiger partial charge in [0.25, 0.3) is 0 Å². The minimum Gasteiger partial charge on any atom is -0.467 e. The normalized spacial score (nSPS) is 21.5. The molecule has 7 heteroatoms. The molecular weight excluding hydrogens is 302 g/mol. The minimum atomic E-state index is -0.553. The van der Waals surface area contributed by atoms with E-state index in [9.17, 15) is 9.59 Å². The molecule has 0 spiro atoms. The predicted octanol–water partition coefficient (Wildman–Crippen LogP) is 0.243. The van der Waals surface area contributed by atoms with Gasteiger partial charge in [0.05, 0.1) is 7.11 Å². The molecule has 0 unspecified atom stereocenters. The maximum Gasteiger partial charge on any atom is 0.329 e. The van der Waals surface area contributed by atoms with E-state index < -0.39 is 6.04 Å². The zero-order valence-electron chi connectivity index (χ0n) is 13.4. The third kappa shape index (κ3) is 5.78. The molecule has 1 aliphatic carbocycles. The molecule has 6 nitrogen and oxygen atoms in total. The molecule has 1 heterocycles. The van der Waals surface area contributed by atoms with Crippen LogP contribution >= 0.6 is 13.5 Å². The van der Waals surface area contributed by atoms with Gasteiger partial charge in [-0.15, -0.1) is 0 Å². The Labute approximate surface area is 139 Å². The molecular formula is C15H29N3O3S. The summed E-state index contributed by atoms with van der Waals surface area (Å²) in [4.78, 5) is 26.4. The molecule has 2 rings (SSSR count). The highest BCUT2D eigenvalue weighted by Gasteiger charge is 2.28. The first kappa shape index (κ1) is 19.3. The average Bonchev–Trinajstić information content (AvgIpc) is 2.55. The first-order valence-electron chi connectivity index (χ1n) is 8.02. The van der Waals surface area contributed by atoms with Crippen molar-refractivity contribution in [3.63, 3.8) is 0 Å². The van der Waals surface area contributed by atoms with E-state index in [-0.39, 0.29) is 31.3 Å². The van der Waals surface area contributed by atoms with Crippen LogP contribution in [0, 0.1) is 5.92 Å². The lowest BCUT2D eigenvalue weighted by Crippen LogP contribution is -2.54. The maximum atomic E-state index is 12.3. The fourth-order valence-corrected chi connectivity index (χ4v) is 3.13. The summed E-state index contributed by atoms with van der Waals surface area (Å²) in [6, 6.07) is -0.553. The predicted molar refractivity (Wildman–Crippen MR) is 90.2 cm³/mol. The topological polar surface area (TPSA) is 70.7 Å². The highest BCUT2D eigenvalue weighted by atomic mass is 32.1. The fourth-order valence-electron chi connectivity index (χ4n) is 3.13. The SMILES string of the molecule is COC(=O)[C@H](CN1CCNCC1)NC(=O)C1CCCCC1.S. The van der Waals surface area contributed by atoms with Gasteiger partial charge in [0.15, 0.2) is 0 Å². The van der Waals surface area contributed by atoms with E-state index in [4.69, 9.17) is 4.74 Å². The van der Waals surface area contributed by atoms with Gasteiger partial charge in [-0.05, 0) is 12.8 Å². The lowest BCUT2D eigenvalue weighted by Gasteiger charge is -2.31. The van der Waals surface area contributed by atoms with Crippen LogP contribution in [-0.2, 0) is 14.3 Å². The molecule has 2 N–H and O–H groups in total. The van der Waals surface area contributed by atoms with Gasteiger partial charge in [0.2, 0.25) is 5.91 Å². The Kier molecular flexibility index (Phi) is 8.82. The number of hydrogen-bond donors (Lipinski definition) is 2. The third-order valence-corrected chi connectivity index (χ3v) is 4.43. The summed E-state index contributed by atoms with van der Waals surface area (Å²) in [5.74, 6) is -0.271. The molecule has 1 aliphatic heterocycles. The van der Waals surface area contributed by atoms with Crippen LogP contribution in [0.5, 0.6) is 0 Å². The van der Waals surface area contributed by atoms with Crippen molar-refractivity contribution < 1.29 is 14.3 Å². The second-order valence-electron chi connectivity index (χ2n) is 5.97. The Morgan fingerprint density at radius 3 is 2.45 bits per heavy atom. The van der Waals surface area contributed by atoms with E-state index in [2.05, 4.69) is 15.5 Å². The molecule has 0 aromatic rings. The highest BCUT2D eigenvalue weighted by molar-refractivity contribution is 7.59. The summed E-state index contributed by atoms with van der Waals surface area (Å²) in [6.07, 6.45) is 5.31. The number of nitrogens with zero attached hydrogens (tertiary/aromatic N) is 1. The van der Waals surface area contributed by atoms with Gasteiger partial charge in [-0.25, -0.2) is 4.79 Å². The molecule has 1 amide bonds. The van der Waals surface area contributed by atoms with Gasteiger partial charge >= 0.3 is 5.97 Å². The van der Waals surface area contributed by atoms with Crippen LogP contribution in [0.15, 0.2) is 0 Å². The Morgan fingerprint density at radius 1 is 1.23 bits per heavy atom. The van der Waals surface area contributed by atoms with Crippen molar-refractivity contribution in [2.24, 2.45) is 5.92 Å². The van der Waals surface area contributed by atoms with E-state index in [0.717, 1.165) is 51.9 Å². The van der Waals surface area contributed by atoms with E-state index >= 15 is 0 Å². The first-order valence-corrected chi connectivity index (χ1v) is 8.02. The number of esters is 1. The van der Waals surface area contributed by atoms with Crippen molar-refractivity contribution >= 4 is 25.4 Å². The zero-order valence-corrected chi connectivity index (χ0v) is 14.4. The van der Waals surface area contributed by atoms with Crippen molar-refractivity contribution in [1.29, 1.82) is 0 Å². The number of carbonyl (C=O) groups is 2. The minimum absolute atomic E-state index is 0. The summed E-state index contributed by atoms with van der Waals surface area (Å²) in [6.45, 7) is 4.17. The lowest BCUT2D eigenvalue weighted by atomic mass is 9.88. The fraction of sp³-hybridized carbons (Fsp3) is 0.867. The van der Waals surface area contributed by atoms with Crippen molar-refractivity contribution in [2.45, 2.75) is 38.1 Å². The first-order chi connectivity index (χ1) is 10.2. The van der Waals surface area contributed by atoms with E-state index in [0.29, 0.717) is 6.54 Å². The molecule has 128 valence electrons. The Bertz CT molecular complexity index is 356. The van der Waals surface area contributed by atoms with Crippen LogP contribution in [0.4, 0.5) is 0 Å². The van der Waals surface area contributed by atoms with Crippen molar-refractivity contribution in [2.75, 3.05) is 39.8 Å². The van der Waals surface area contributed by atoms with Crippen molar-refractivity contribution in [1.82, 2.24) is 15.5 Å². The van der Waals surface area contributed by atoms with E-state index in [1.165, 1.54) is 13.5 Å². The Morgan fingerprint density at radius 2 is 1.86 bits per heavy atom. The van der Waals surface area contributed by atoms with Gasteiger partial charge in [-0.2, -0.15) is 13.5 Å². The zero-order chi connectivity index (χ0) is 15.1. The van der Waals surface area contributed by atoms with Gasteiger partial charge < -0.3 is 15.4 Å². The number of nitrogens with one attached hydrogen (secondary N) is 2. The van der Waals surface area contributed by atoms with Gasteiger partial charge in [-0.3, -0.25) is 9.69 Å². The summed E-state index contributed by atoms with van der Waals surface area (Å²) in [5.41, 5.74) is 0. The molecule has 2 aliphatic rings. The van der Waals surface area contributed by atoms with Gasteiger partial charge in [0, 0.05) is 38.6 Å². The van der Waals surface area contributed by atoms with Crippen LogP contribution in [0.2, 0.25) is 0 Å². The second-order valence-corrected chi connectivity index (χ2v) is 5.97. The number of methoxy groups -OCH3 is 1. The van der Waals surface area contributed by atoms with Crippen molar-refractivity contribution in [3.05, 3.63) is 0 Å². The quantitative estimate of drug-likeness (QED) is 0.707. The molecule has 1 atom stereocenters. The number of carbonyl (C=O) groups excluding carboxylic acids is 2. The van der Waals surface area contributed by atoms with Crippen molar-refractivity contribution in [3.8, 4) is 0 Å². The largest absolute Gasteiger partial charge is 0.467 e.